The van der Waals surface area contributed by atoms with E-state index in [2.05, 4.69) is 34.9 Å². The van der Waals surface area contributed by atoms with E-state index in [9.17, 15) is 4.79 Å². The van der Waals surface area contributed by atoms with Crippen LogP contribution in [0.4, 0.5) is 0 Å². The second-order valence-corrected chi connectivity index (χ2v) is 4.93. The molecule has 3 nitrogen and oxygen atoms in total. The summed E-state index contributed by atoms with van der Waals surface area (Å²) < 4.78 is 0. The van der Waals surface area contributed by atoms with E-state index >= 15 is 0 Å². The van der Waals surface area contributed by atoms with E-state index in [0.717, 1.165) is 38.8 Å². The van der Waals surface area contributed by atoms with Crippen LogP contribution in [0.5, 0.6) is 0 Å². The molecule has 1 fully saturated rings. The number of benzene rings is 1. The second kappa shape index (κ2) is 7.17. The molecule has 18 heavy (non-hydrogen) atoms. The van der Waals surface area contributed by atoms with Crippen molar-refractivity contribution in [2.45, 2.75) is 38.1 Å². The second-order valence-electron chi connectivity index (χ2n) is 4.93. The zero-order valence-corrected chi connectivity index (χ0v) is 10.8. The molecule has 1 saturated carbocycles. The van der Waals surface area contributed by atoms with Crippen molar-refractivity contribution in [2.24, 2.45) is 0 Å². The first-order chi connectivity index (χ1) is 8.84. The minimum Gasteiger partial charge on any atom is -0.353 e. The van der Waals surface area contributed by atoms with E-state index < -0.39 is 0 Å². The summed E-state index contributed by atoms with van der Waals surface area (Å²) >= 11 is 0. The molecule has 0 aromatic heterocycles. The molecule has 0 bridgehead atoms. The fourth-order valence-electron chi connectivity index (χ4n) is 1.92. The van der Waals surface area contributed by atoms with Gasteiger partial charge in [0.25, 0.3) is 0 Å². The Morgan fingerprint density at radius 2 is 1.94 bits per heavy atom. The normalized spacial score (nSPS) is 14.4. The van der Waals surface area contributed by atoms with Gasteiger partial charge in [0.1, 0.15) is 0 Å². The summed E-state index contributed by atoms with van der Waals surface area (Å²) in [5, 5.41) is 6.31. The Morgan fingerprint density at radius 1 is 1.17 bits per heavy atom. The van der Waals surface area contributed by atoms with E-state index in [1.165, 1.54) is 5.56 Å². The van der Waals surface area contributed by atoms with E-state index in [0.29, 0.717) is 12.5 Å². The first-order valence-corrected chi connectivity index (χ1v) is 6.88. The van der Waals surface area contributed by atoms with Gasteiger partial charge in [0, 0.05) is 19.0 Å². The van der Waals surface area contributed by atoms with Crippen molar-refractivity contribution in [3.63, 3.8) is 0 Å². The molecule has 98 valence electrons. The number of rotatable bonds is 8. The highest BCUT2D eigenvalue weighted by Crippen LogP contribution is 2.18. The standard InChI is InChI=1S/C15H22N2O/c18-15(17-14-8-9-14)10-12-16-11-4-7-13-5-2-1-3-6-13/h1-3,5-6,14,16H,4,7-12H2,(H,17,18). The van der Waals surface area contributed by atoms with Crippen LogP contribution < -0.4 is 10.6 Å². The number of amides is 1. The number of hydrogen-bond acceptors (Lipinski definition) is 2. The number of carbonyl (C=O) groups excluding carboxylic acids is 1. The Hall–Kier alpha value is -1.35. The van der Waals surface area contributed by atoms with Crippen molar-refractivity contribution in [2.75, 3.05) is 13.1 Å². The van der Waals surface area contributed by atoms with Crippen molar-refractivity contribution >= 4 is 5.91 Å². The van der Waals surface area contributed by atoms with Crippen molar-refractivity contribution in [1.29, 1.82) is 0 Å². The summed E-state index contributed by atoms with van der Waals surface area (Å²) in [6, 6.07) is 11.0. The summed E-state index contributed by atoms with van der Waals surface area (Å²) in [5.74, 6) is 0.188. The van der Waals surface area contributed by atoms with Gasteiger partial charge >= 0.3 is 0 Å². The predicted molar refractivity (Wildman–Crippen MR) is 73.4 cm³/mol. The Kier molecular flexibility index (Phi) is 5.21. The predicted octanol–water partition coefficient (Wildman–Crippen LogP) is 1.88. The maximum atomic E-state index is 11.4. The zero-order chi connectivity index (χ0) is 12.6. The molecule has 2 N–H and O–H groups in total. The third-order valence-corrected chi connectivity index (χ3v) is 3.13. The molecule has 0 spiro atoms. The fourth-order valence-corrected chi connectivity index (χ4v) is 1.92. The number of aryl methyl sites for hydroxylation is 1. The van der Waals surface area contributed by atoms with Gasteiger partial charge in [0.2, 0.25) is 5.91 Å². The van der Waals surface area contributed by atoms with Crippen LogP contribution in [0.3, 0.4) is 0 Å². The largest absolute Gasteiger partial charge is 0.353 e. The molecule has 1 amide bonds. The zero-order valence-electron chi connectivity index (χ0n) is 10.8. The molecule has 0 saturated heterocycles. The molecule has 3 heteroatoms. The molecule has 0 radical (unpaired) electrons. The molecule has 0 aliphatic heterocycles. The van der Waals surface area contributed by atoms with Crippen molar-refractivity contribution < 1.29 is 4.79 Å². The minimum atomic E-state index is 0.188. The molecule has 1 aromatic carbocycles. The summed E-state index contributed by atoms with van der Waals surface area (Å²) in [4.78, 5) is 11.4. The average Bonchev–Trinajstić information content (AvgIpc) is 3.19. The van der Waals surface area contributed by atoms with E-state index in [1.54, 1.807) is 0 Å². The molecule has 0 heterocycles. The molecule has 0 atom stereocenters. The van der Waals surface area contributed by atoms with Gasteiger partial charge in [-0.05, 0) is 37.8 Å². The maximum absolute atomic E-state index is 11.4. The smallest absolute Gasteiger partial charge is 0.221 e. The molecule has 0 unspecified atom stereocenters. The molecular weight excluding hydrogens is 224 g/mol. The van der Waals surface area contributed by atoms with Crippen LogP contribution >= 0.6 is 0 Å². The van der Waals surface area contributed by atoms with Crippen molar-refractivity contribution in [3.05, 3.63) is 35.9 Å². The lowest BCUT2D eigenvalue weighted by Crippen LogP contribution is -2.29. The van der Waals surface area contributed by atoms with E-state index in [-0.39, 0.29) is 5.91 Å². The van der Waals surface area contributed by atoms with Gasteiger partial charge < -0.3 is 10.6 Å². The van der Waals surface area contributed by atoms with Crippen LogP contribution in [0, 0.1) is 0 Å². The topological polar surface area (TPSA) is 41.1 Å². The summed E-state index contributed by atoms with van der Waals surface area (Å²) in [6.07, 6.45) is 5.14. The lowest BCUT2D eigenvalue weighted by Gasteiger charge is -2.05. The van der Waals surface area contributed by atoms with E-state index in [1.807, 2.05) is 6.07 Å². The summed E-state index contributed by atoms with van der Waals surface area (Å²) in [5.41, 5.74) is 1.38. The van der Waals surface area contributed by atoms with Crippen LogP contribution in [-0.4, -0.2) is 25.0 Å². The fraction of sp³-hybridized carbons (Fsp3) is 0.533. The lowest BCUT2D eigenvalue weighted by molar-refractivity contribution is -0.121. The third-order valence-electron chi connectivity index (χ3n) is 3.13. The first-order valence-electron chi connectivity index (χ1n) is 6.88. The monoisotopic (exact) mass is 246 g/mol. The van der Waals surface area contributed by atoms with Gasteiger partial charge in [-0.3, -0.25) is 4.79 Å². The van der Waals surface area contributed by atoms with Crippen molar-refractivity contribution in [1.82, 2.24) is 10.6 Å². The average molecular weight is 246 g/mol. The van der Waals surface area contributed by atoms with Gasteiger partial charge in [0.15, 0.2) is 0 Å². The summed E-state index contributed by atoms with van der Waals surface area (Å²) in [6.45, 7) is 1.76. The molecule has 1 aliphatic carbocycles. The van der Waals surface area contributed by atoms with Crippen molar-refractivity contribution in [3.8, 4) is 0 Å². The van der Waals surface area contributed by atoms with Crippen LogP contribution in [0.15, 0.2) is 30.3 Å². The Labute approximate surface area is 109 Å². The quantitative estimate of drug-likeness (QED) is 0.688. The third kappa shape index (κ3) is 5.32. The molecule has 1 aliphatic rings. The number of carbonyl (C=O) groups is 1. The SMILES string of the molecule is O=C(CCNCCCc1ccccc1)NC1CC1. The molecule has 1 aromatic rings. The van der Waals surface area contributed by atoms with Crippen LogP contribution in [-0.2, 0) is 11.2 Å². The maximum Gasteiger partial charge on any atom is 0.221 e. The highest BCUT2D eigenvalue weighted by Gasteiger charge is 2.22. The van der Waals surface area contributed by atoms with Gasteiger partial charge in [0.05, 0.1) is 0 Å². The lowest BCUT2D eigenvalue weighted by atomic mass is 10.1. The first kappa shape index (κ1) is 13.1. The van der Waals surface area contributed by atoms with Gasteiger partial charge in [-0.15, -0.1) is 0 Å². The highest BCUT2D eigenvalue weighted by atomic mass is 16.1. The molecular formula is C15H22N2O. The minimum absolute atomic E-state index is 0.188. The van der Waals surface area contributed by atoms with Crippen LogP contribution in [0.1, 0.15) is 31.2 Å². The number of hydrogen-bond donors (Lipinski definition) is 2. The van der Waals surface area contributed by atoms with Gasteiger partial charge in [-0.2, -0.15) is 0 Å². The summed E-state index contributed by atoms with van der Waals surface area (Å²) in [7, 11) is 0. The number of nitrogens with one attached hydrogen (secondary N) is 2. The van der Waals surface area contributed by atoms with Gasteiger partial charge in [-0.25, -0.2) is 0 Å². The van der Waals surface area contributed by atoms with Crippen LogP contribution in [0.25, 0.3) is 0 Å². The Balaban J connectivity index is 1.45. The highest BCUT2D eigenvalue weighted by molar-refractivity contribution is 5.76. The van der Waals surface area contributed by atoms with Crippen LogP contribution in [0.2, 0.25) is 0 Å². The van der Waals surface area contributed by atoms with E-state index in [4.69, 9.17) is 0 Å². The van der Waals surface area contributed by atoms with Gasteiger partial charge in [-0.1, -0.05) is 30.3 Å². The molecule has 2 rings (SSSR count). The Bertz CT molecular complexity index is 360. The Morgan fingerprint density at radius 3 is 2.67 bits per heavy atom.